The van der Waals surface area contributed by atoms with Crippen molar-refractivity contribution >= 4 is 11.6 Å². The van der Waals surface area contributed by atoms with Gasteiger partial charge in [0.1, 0.15) is 19.3 Å². The number of aliphatic hydroxyl groups excluding tert-OH is 1. The number of aliphatic hydroxyl groups is 1. The van der Waals surface area contributed by atoms with Crippen LogP contribution in [0.1, 0.15) is 79.1 Å². The number of Topliss-reactive ketones (excluding diaryl/α,β-unsaturated/α-hetero) is 2. The maximum absolute atomic E-state index is 13.6. The minimum absolute atomic E-state index is 0.0302. The number of rotatable bonds is 12. The summed E-state index contributed by atoms with van der Waals surface area (Å²) in [6, 6.07) is 0. The van der Waals surface area contributed by atoms with Gasteiger partial charge in [0, 0.05) is 24.5 Å². The molecule has 37 heavy (non-hydrogen) atoms. The van der Waals surface area contributed by atoms with Crippen LogP contribution in [-0.4, -0.2) is 62.4 Å². The first-order valence-electron chi connectivity index (χ1n) is 14.8. The molecule has 8 unspecified atom stereocenters. The van der Waals surface area contributed by atoms with Crippen LogP contribution in [0.25, 0.3) is 0 Å². The third-order valence-corrected chi connectivity index (χ3v) is 11.2. The molecular weight excluding hydrogens is 468 g/mol. The molecule has 0 aromatic heterocycles. The summed E-state index contributed by atoms with van der Waals surface area (Å²) in [4.78, 5) is 27.0. The number of hydrogen-bond donors (Lipinski definition) is 1. The number of fused-ring (bicyclic) bond motifs is 2. The van der Waals surface area contributed by atoms with Gasteiger partial charge in [-0.1, -0.05) is 45.8 Å². The molecule has 208 valence electrons. The Morgan fingerprint density at radius 3 is 2.62 bits per heavy atom. The van der Waals surface area contributed by atoms with Crippen molar-refractivity contribution in [3.63, 3.8) is 0 Å². The zero-order chi connectivity index (χ0) is 26.4. The summed E-state index contributed by atoms with van der Waals surface area (Å²) in [6.07, 6.45) is 10.7. The molecule has 1 N–H and O–H groups in total. The number of ether oxygens (including phenoxy) is 3. The van der Waals surface area contributed by atoms with Crippen LogP contribution in [0.5, 0.6) is 0 Å². The summed E-state index contributed by atoms with van der Waals surface area (Å²) < 4.78 is 16.7. The van der Waals surface area contributed by atoms with Crippen molar-refractivity contribution in [2.45, 2.75) is 85.2 Å². The van der Waals surface area contributed by atoms with Gasteiger partial charge in [-0.05, 0) is 79.4 Å². The highest BCUT2D eigenvalue weighted by Gasteiger charge is 2.66. The van der Waals surface area contributed by atoms with Gasteiger partial charge in [-0.15, -0.1) is 0 Å². The Labute approximate surface area is 222 Å². The van der Waals surface area contributed by atoms with Crippen LogP contribution in [0.3, 0.4) is 0 Å². The van der Waals surface area contributed by atoms with E-state index < -0.39 is 0 Å². The van der Waals surface area contributed by atoms with Gasteiger partial charge in [-0.3, -0.25) is 9.59 Å². The van der Waals surface area contributed by atoms with Crippen LogP contribution >= 0.6 is 0 Å². The lowest BCUT2D eigenvalue weighted by Gasteiger charge is -2.68. The van der Waals surface area contributed by atoms with E-state index >= 15 is 0 Å². The minimum Gasteiger partial charge on any atom is -0.396 e. The Hall–Kier alpha value is -1.08. The van der Waals surface area contributed by atoms with Crippen LogP contribution in [0.15, 0.2) is 11.6 Å². The number of carbonyl (C=O) groups excluding carboxylic acids is 2. The van der Waals surface area contributed by atoms with Crippen LogP contribution in [-0.2, 0) is 23.8 Å². The maximum atomic E-state index is 13.6. The van der Waals surface area contributed by atoms with Crippen LogP contribution in [0.4, 0.5) is 0 Å². The second-order valence-electron chi connectivity index (χ2n) is 13.6. The number of carbonyl (C=O) groups is 2. The summed E-state index contributed by atoms with van der Waals surface area (Å²) >= 11 is 0. The van der Waals surface area contributed by atoms with Crippen molar-refractivity contribution < 1.29 is 28.9 Å². The Bertz CT molecular complexity index is 907. The zero-order valence-electron chi connectivity index (χ0n) is 23.4. The molecule has 6 nitrogen and oxygen atoms in total. The molecule has 0 amide bonds. The number of allylic oxidation sites excluding steroid dienone is 2. The average molecular weight is 517 g/mol. The fourth-order valence-corrected chi connectivity index (χ4v) is 9.30. The molecule has 2 bridgehead atoms. The third kappa shape index (κ3) is 4.90. The van der Waals surface area contributed by atoms with Gasteiger partial charge in [0.2, 0.25) is 0 Å². The lowest BCUT2D eigenvalue weighted by molar-refractivity contribution is -0.176. The SMILES string of the molecule is CC(C)C1=CC23CCC4C(C)(C(=O)COCC5CO5)CCCC4(C)C2CC1C(C(=O)COCCCO)C3. The van der Waals surface area contributed by atoms with E-state index in [2.05, 4.69) is 33.8 Å². The molecule has 0 radical (unpaired) electrons. The standard InChI is InChI=1S/C31H48O6/c1-20(2)23-14-31-10-7-26-29(3,8-5-9-30(26,4)28(34)19-36-16-21-17-37-21)27(31)13-22(23)24(15-31)25(33)18-35-12-6-11-32/h14,20-22,24,26-27,32H,5-13,15-19H2,1-4H3. The smallest absolute Gasteiger partial charge is 0.164 e. The van der Waals surface area contributed by atoms with E-state index in [1.165, 1.54) is 12.0 Å². The molecule has 1 spiro atoms. The monoisotopic (exact) mass is 516 g/mol. The van der Waals surface area contributed by atoms with E-state index in [0.717, 1.165) is 45.1 Å². The Balaban J connectivity index is 1.37. The van der Waals surface area contributed by atoms with E-state index in [1.807, 2.05) is 0 Å². The molecule has 6 aliphatic rings. The van der Waals surface area contributed by atoms with Crippen LogP contribution in [0.2, 0.25) is 0 Å². The zero-order valence-corrected chi connectivity index (χ0v) is 23.4. The Morgan fingerprint density at radius 1 is 1.14 bits per heavy atom. The Kier molecular flexibility index (Phi) is 7.78. The van der Waals surface area contributed by atoms with Gasteiger partial charge >= 0.3 is 0 Å². The fraction of sp³-hybridized carbons (Fsp3) is 0.871. The Morgan fingerprint density at radius 2 is 1.92 bits per heavy atom. The molecule has 1 aliphatic heterocycles. The van der Waals surface area contributed by atoms with E-state index in [4.69, 9.17) is 19.3 Å². The van der Waals surface area contributed by atoms with Gasteiger partial charge < -0.3 is 19.3 Å². The summed E-state index contributed by atoms with van der Waals surface area (Å²) in [5, 5.41) is 9.04. The molecule has 6 heteroatoms. The molecule has 1 saturated heterocycles. The fourth-order valence-electron chi connectivity index (χ4n) is 9.30. The van der Waals surface area contributed by atoms with E-state index in [-0.39, 0.29) is 65.6 Å². The van der Waals surface area contributed by atoms with Gasteiger partial charge in [-0.2, -0.15) is 0 Å². The van der Waals surface area contributed by atoms with Crippen molar-refractivity contribution in [2.75, 3.05) is 39.6 Å². The molecule has 0 aromatic carbocycles. The predicted octanol–water partition coefficient (Wildman–Crippen LogP) is 4.77. The van der Waals surface area contributed by atoms with Crippen molar-refractivity contribution in [1.29, 1.82) is 0 Å². The van der Waals surface area contributed by atoms with Crippen LogP contribution < -0.4 is 0 Å². The molecule has 4 fully saturated rings. The summed E-state index contributed by atoms with van der Waals surface area (Å²) in [5.74, 6) is 2.13. The van der Waals surface area contributed by atoms with Crippen molar-refractivity contribution in [3.8, 4) is 0 Å². The first-order chi connectivity index (χ1) is 17.6. The normalized spacial score (nSPS) is 42.2. The molecule has 1 heterocycles. The summed E-state index contributed by atoms with van der Waals surface area (Å²) in [7, 11) is 0. The lowest BCUT2D eigenvalue weighted by atomic mass is 9.36. The van der Waals surface area contributed by atoms with E-state index in [0.29, 0.717) is 37.4 Å². The molecular formula is C31H48O6. The van der Waals surface area contributed by atoms with Gasteiger partial charge in [0.25, 0.3) is 0 Å². The number of ketones is 2. The molecule has 6 rings (SSSR count). The van der Waals surface area contributed by atoms with E-state index in [9.17, 15) is 9.59 Å². The van der Waals surface area contributed by atoms with Gasteiger partial charge in [-0.25, -0.2) is 0 Å². The van der Waals surface area contributed by atoms with Gasteiger partial charge in [0.05, 0.1) is 13.2 Å². The van der Waals surface area contributed by atoms with Gasteiger partial charge in [0.15, 0.2) is 11.6 Å². The first kappa shape index (κ1) is 27.5. The predicted molar refractivity (Wildman–Crippen MR) is 141 cm³/mol. The van der Waals surface area contributed by atoms with Crippen molar-refractivity contribution in [2.24, 2.45) is 45.8 Å². The summed E-state index contributed by atoms with van der Waals surface area (Å²) in [6.45, 7) is 11.4. The second-order valence-corrected chi connectivity index (χ2v) is 13.6. The second kappa shape index (κ2) is 10.5. The molecule has 5 aliphatic carbocycles. The number of hydrogen-bond acceptors (Lipinski definition) is 6. The minimum atomic E-state index is -0.337. The quantitative estimate of drug-likeness (QED) is 0.228. The largest absolute Gasteiger partial charge is 0.396 e. The van der Waals surface area contributed by atoms with Crippen LogP contribution in [0, 0.1) is 45.8 Å². The van der Waals surface area contributed by atoms with Crippen molar-refractivity contribution in [3.05, 3.63) is 11.6 Å². The highest BCUT2D eigenvalue weighted by atomic mass is 16.6. The molecule has 8 atom stereocenters. The first-order valence-corrected chi connectivity index (χ1v) is 14.8. The topological polar surface area (TPSA) is 85.4 Å². The molecule has 0 aromatic rings. The number of epoxide rings is 1. The summed E-state index contributed by atoms with van der Waals surface area (Å²) in [5.41, 5.74) is 1.29. The maximum Gasteiger partial charge on any atom is 0.164 e. The third-order valence-electron chi connectivity index (χ3n) is 11.2. The average Bonchev–Trinajstić information content (AvgIpc) is 3.70. The van der Waals surface area contributed by atoms with E-state index in [1.54, 1.807) is 0 Å². The highest BCUT2D eigenvalue weighted by molar-refractivity contribution is 5.86. The lowest BCUT2D eigenvalue weighted by Crippen LogP contribution is -2.62. The highest BCUT2D eigenvalue weighted by Crippen LogP contribution is 2.72. The van der Waals surface area contributed by atoms with Crippen molar-refractivity contribution in [1.82, 2.24) is 0 Å². The molecule has 3 saturated carbocycles.